The molecule has 1 atom stereocenters. The number of carbonyl (C=O) groups is 1. The first-order chi connectivity index (χ1) is 13.0. The molecule has 1 amide bonds. The Bertz CT molecular complexity index is 912. The number of amides is 1. The second kappa shape index (κ2) is 9.06. The van der Waals surface area contributed by atoms with Gasteiger partial charge in [-0.15, -0.1) is 10.2 Å². The number of thioether (sulfide) groups is 1. The van der Waals surface area contributed by atoms with Crippen LogP contribution in [0.15, 0.2) is 58.2 Å². The third-order valence-corrected chi connectivity index (χ3v) is 5.23. The number of rotatable bonds is 7. The predicted molar refractivity (Wildman–Crippen MR) is 109 cm³/mol. The van der Waals surface area contributed by atoms with E-state index in [0.29, 0.717) is 22.1 Å². The number of anilines is 1. The molecular weight excluding hydrogens is 382 g/mol. The summed E-state index contributed by atoms with van der Waals surface area (Å²) in [6, 6.07) is 15.1. The summed E-state index contributed by atoms with van der Waals surface area (Å²) >= 11 is 7.16. The van der Waals surface area contributed by atoms with Gasteiger partial charge in [0.1, 0.15) is 0 Å². The average molecular weight is 402 g/mol. The van der Waals surface area contributed by atoms with Gasteiger partial charge in [-0.3, -0.25) is 4.79 Å². The maximum atomic E-state index is 12.1. The molecule has 3 aromatic rings. The van der Waals surface area contributed by atoms with Gasteiger partial charge in [0.25, 0.3) is 5.22 Å². The first kappa shape index (κ1) is 19.5. The number of aromatic nitrogens is 2. The van der Waals surface area contributed by atoms with Crippen molar-refractivity contribution in [3.63, 3.8) is 0 Å². The molecule has 0 bridgehead atoms. The topological polar surface area (TPSA) is 68.0 Å². The van der Waals surface area contributed by atoms with Crippen molar-refractivity contribution in [3.8, 4) is 11.5 Å². The van der Waals surface area contributed by atoms with E-state index in [1.807, 2.05) is 36.4 Å². The van der Waals surface area contributed by atoms with Gasteiger partial charge in [-0.2, -0.15) is 0 Å². The molecule has 0 aliphatic heterocycles. The van der Waals surface area contributed by atoms with Crippen LogP contribution in [0.4, 0.5) is 5.69 Å². The van der Waals surface area contributed by atoms with E-state index < -0.39 is 0 Å². The summed E-state index contributed by atoms with van der Waals surface area (Å²) in [7, 11) is 0. The SMILES string of the molecule is CC[C@@H](C)c1ccc(NC(=O)CSc2nnc(-c3cccc(Cl)c3)o2)cc1. The highest BCUT2D eigenvalue weighted by Crippen LogP contribution is 2.25. The van der Waals surface area contributed by atoms with Gasteiger partial charge in [-0.05, 0) is 48.2 Å². The molecule has 27 heavy (non-hydrogen) atoms. The summed E-state index contributed by atoms with van der Waals surface area (Å²) in [5, 5.41) is 11.8. The van der Waals surface area contributed by atoms with Crippen LogP contribution in [0.2, 0.25) is 5.02 Å². The van der Waals surface area contributed by atoms with E-state index in [4.69, 9.17) is 16.0 Å². The maximum Gasteiger partial charge on any atom is 0.277 e. The number of hydrogen-bond donors (Lipinski definition) is 1. The lowest BCUT2D eigenvalue weighted by molar-refractivity contribution is -0.113. The van der Waals surface area contributed by atoms with Gasteiger partial charge in [0, 0.05) is 16.3 Å². The number of benzene rings is 2. The molecule has 0 saturated heterocycles. The monoisotopic (exact) mass is 401 g/mol. The smallest absolute Gasteiger partial charge is 0.277 e. The van der Waals surface area contributed by atoms with Gasteiger partial charge in [0.2, 0.25) is 11.8 Å². The second-order valence-corrected chi connectivity index (χ2v) is 7.51. The van der Waals surface area contributed by atoms with E-state index >= 15 is 0 Å². The van der Waals surface area contributed by atoms with Gasteiger partial charge in [-0.25, -0.2) is 0 Å². The van der Waals surface area contributed by atoms with Crippen molar-refractivity contribution in [1.82, 2.24) is 10.2 Å². The number of nitrogens with one attached hydrogen (secondary N) is 1. The summed E-state index contributed by atoms with van der Waals surface area (Å²) in [4.78, 5) is 12.1. The van der Waals surface area contributed by atoms with Crippen molar-refractivity contribution in [2.24, 2.45) is 0 Å². The van der Waals surface area contributed by atoms with Crippen molar-refractivity contribution >= 4 is 35.0 Å². The van der Waals surface area contributed by atoms with E-state index in [1.165, 1.54) is 17.3 Å². The fraction of sp³-hybridized carbons (Fsp3) is 0.250. The van der Waals surface area contributed by atoms with Gasteiger partial charge in [-0.1, -0.05) is 55.4 Å². The molecule has 3 rings (SSSR count). The van der Waals surface area contributed by atoms with Crippen LogP contribution in [0, 0.1) is 0 Å². The third kappa shape index (κ3) is 5.34. The highest BCUT2D eigenvalue weighted by molar-refractivity contribution is 7.99. The summed E-state index contributed by atoms with van der Waals surface area (Å²) in [6.45, 7) is 4.35. The Labute approximate surface area is 167 Å². The molecule has 0 spiro atoms. The lowest BCUT2D eigenvalue weighted by atomic mass is 9.99. The molecule has 0 fully saturated rings. The van der Waals surface area contributed by atoms with Crippen molar-refractivity contribution < 1.29 is 9.21 Å². The fourth-order valence-electron chi connectivity index (χ4n) is 2.46. The lowest BCUT2D eigenvalue weighted by Gasteiger charge is -2.10. The van der Waals surface area contributed by atoms with Crippen LogP contribution in [-0.4, -0.2) is 21.9 Å². The summed E-state index contributed by atoms with van der Waals surface area (Å²) in [5.41, 5.74) is 2.79. The van der Waals surface area contributed by atoms with E-state index in [9.17, 15) is 4.79 Å². The zero-order valence-corrected chi connectivity index (χ0v) is 16.7. The molecule has 0 saturated carbocycles. The minimum absolute atomic E-state index is 0.126. The Kier molecular flexibility index (Phi) is 6.53. The molecule has 1 heterocycles. The van der Waals surface area contributed by atoms with Crippen molar-refractivity contribution in [2.75, 3.05) is 11.1 Å². The number of halogens is 1. The van der Waals surface area contributed by atoms with Crippen LogP contribution in [0.1, 0.15) is 31.7 Å². The van der Waals surface area contributed by atoms with E-state index in [2.05, 4.69) is 29.4 Å². The first-order valence-electron chi connectivity index (χ1n) is 8.67. The Balaban J connectivity index is 1.54. The quantitative estimate of drug-likeness (QED) is 0.519. The Morgan fingerprint density at radius 1 is 1.22 bits per heavy atom. The van der Waals surface area contributed by atoms with Gasteiger partial charge in [0.05, 0.1) is 5.75 Å². The molecule has 140 valence electrons. The Morgan fingerprint density at radius 3 is 2.70 bits per heavy atom. The van der Waals surface area contributed by atoms with Crippen molar-refractivity contribution in [1.29, 1.82) is 0 Å². The molecule has 2 aromatic carbocycles. The normalized spacial score (nSPS) is 12.0. The average Bonchev–Trinajstić information content (AvgIpc) is 3.15. The zero-order valence-electron chi connectivity index (χ0n) is 15.1. The highest BCUT2D eigenvalue weighted by atomic mass is 35.5. The molecule has 0 aliphatic carbocycles. The van der Waals surface area contributed by atoms with Crippen LogP contribution in [0.25, 0.3) is 11.5 Å². The predicted octanol–water partition coefficient (Wildman–Crippen LogP) is 5.63. The van der Waals surface area contributed by atoms with Crippen LogP contribution in [-0.2, 0) is 4.79 Å². The van der Waals surface area contributed by atoms with Crippen LogP contribution in [0.3, 0.4) is 0 Å². The van der Waals surface area contributed by atoms with Crippen molar-refractivity contribution in [2.45, 2.75) is 31.4 Å². The van der Waals surface area contributed by atoms with Crippen LogP contribution < -0.4 is 5.32 Å². The standard InChI is InChI=1S/C20H20ClN3O2S/c1-3-13(2)14-7-9-17(10-8-14)22-18(25)12-27-20-24-23-19(26-20)15-5-4-6-16(21)11-15/h4-11,13H,3,12H2,1-2H3,(H,22,25)/t13-/m1/s1. The van der Waals surface area contributed by atoms with Gasteiger partial charge < -0.3 is 9.73 Å². The second-order valence-electron chi connectivity index (χ2n) is 6.15. The van der Waals surface area contributed by atoms with Crippen LogP contribution >= 0.6 is 23.4 Å². The van der Waals surface area contributed by atoms with Crippen molar-refractivity contribution in [3.05, 3.63) is 59.1 Å². The molecule has 1 N–H and O–H groups in total. The lowest BCUT2D eigenvalue weighted by Crippen LogP contribution is -2.14. The van der Waals surface area contributed by atoms with E-state index in [0.717, 1.165) is 17.7 Å². The minimum atomic E-state index is -0.126. The third-order valence-electron chi connectivity index (χ3n) is 4.18. The molecule has 0 aliphatic rings. The number of nitrogens with zero attached hydrogens (tertiary/aromatic N) is 2. The van der Waals surface area contributed by atoms with Crippen LogP contribution in [0.5, 0.6) is 0 Å². The maximum absolute atomic E-state index is 12.1. The molecule has 0 unspecified atom stereocenters. The first-order valence-corrected chi connectivity index (χ1v) is 10.0. The molecule has 7 heteroatoms. The summed E-state index contributed by atoms with van der Waals surface area (Å²) in [5.74, 6) is 0.945. The molecule has 5 nitrogen and oxygen atoms in total. The zero-order chi connectivity index (χ0) is 19.2. The molecular formula is C20H20ClN3O2S. The highest BCUT2D eigenvalue weighted by Gasteiger charge is 2.12. The summed E-state index contributed by atoms with van der Waals surface area (Å²) < 4.78 is 5.58. The fourth-order valence-corrected chi connectivity index (χ4v) is 3.21. The van der Waals surface area contributed by atoms with Gasteiger partial charge >= 0.3 is 0 Å². The van der Waals surface area contributed by atoms with E-state index in [1.54, 1.807) is 12.1 Å². The molecule has 1 aromatic heterocycles. The number of carbonyl (C=O) groups excluding carboxylic acids is 1. The van der Waals surface area contributed by atoms with E-state index in [-0.39, 0.29) is 11.7 Å². The van der Waals surface area contributed by atoms with Gasteiger partial charge in [0.15, 0.2) is 0 Å². The molecule has 0 radical (unpaired) electrons. The number of hydrogen-bond acceptors (Lipinski definition) is 5. The minimum Gasteiger partial charge on any atom is -0.411 e. The Hall–Kier alpha value is -2.31. The Morgan fingerprint density at radius 2 is 2.00 bits per heavy atom. The largest absolute Gasteiger partial charge is 0.411 e. The summed E-state index contributed by atoms with van der Waals surface area (Å²) in [6.07, 6.45) is 1.09.